The first-order valence-electron chi connectivity index (χ1n) is 11.2. The summed E-state index contributed by atoms with van der Waals surface area (Å²) in [5, 5.41) is 15.6. The predicted molar refractivity (Wildman–Crippen MR) is 147 cm³/mol. The molecule has 4 aromatic rings. The van der Waals surface area contributed by atoms with Gasteiger partial charge in [0.25, 0.3) is 11.8 Å². The minimum Gasteiger partial charge on any atom is -0.381 e. The molecule has 1 aromatic heterocycles. The Balaban J connectivity index is 1.42. The highest BCUT2D eigenvalue weighted by atomic mass is 35.5. The topological polar surface area (TPSA) is 103 Å². The summed E-state index contributed by atoms with van der Waals surface area (Å²) < 4.78 is 0. The molecule has 4 N–H and O–H groups in total. The van der Waals surface area contributed by atoms with Crippen molar-refractivity contribution < 1.29 is 14.8 Å². The maximum absolute atomic E-state index is 12.9. The van der Waals surface area contributed by atoms with Gasteiger partial charge in [0.05, 0.1) is 21.3 Å². The highest BCUT2D eigenvalue weighted by molar-refractivity contribution is 6.35. The van der Waals surface area contributed by atoms with Crippen LogP contribution in [0, 0.1) is 0 Å². The van der Waals surface area contributed by atoms with Crippen LogP contribution in [0.1, 0.15) is 21.5 Å². The molecule has 7 nitrogen and oxygen atoms in total. The molecule has 1 heterocycles. The maximum atomic E-state index is 12.9. The Kier molecular flexibility index (Phi) is 8.53. The normalized spacial score (nSPS) is 10.8. The van der Waals surface area contributed by atoms with Crippen LogP contribution in [0.5, 0.6) is 0 Å². The second-order valence-electron chi connectivity index (χ2n) is 7.97. The third-order valence-corrected chi connectivity index (χ3v) is 6.01. The number of pyridine rings is 1. The molecule has 0 aliphatic carbocycles. The molecule has 0 aliphatic rings. The number of hydrogen-bond acceptors (Lipinski definition) is 5. The summed E-state index contributed by atoms with van der Waals surface area (Å²) in [6, 6.07) is 23.4. The van der Waals surface area contributed by atoms with Crippen LogP contribution in [0.4, 0.5) is 11.4 Å². The lowest BCUT2D eigenvalue weighted by Gasteiger charge is -2.12. The minimum atomic E-state index is -0.609. The van der Waals surface area contributed by atoms with Gasteiger partial charge in [0.2, 0.25) is 0 Å². The van der Waals surface area contributed by atoms with Crippen LogP contribution >= 0.6 is 23.2 Å². The average molecular weight is 533 g/mol. The van der Waals surface area contributed by atoms with E-state index in [0.717, 1.165) is 16.8 Å². The number of hydroxylamine groups is 1. The van der Waals surface area contributed by atoms with E-state index in [1.807, 2.05) is 48.5 Å². The van der Waals surface area contributed by atoms with E-state index in [9.17, 15) is 9.59 Å². The summed E-state index contributed by atoms with van der Waals surface area (Å²) in [4.78, 5) is 28.4. The summed E-state index contributed by atoms with van der Waals surface area (Å²) in [7, 11) is 0. The zero-order valence-electron chi connectivity index (χ0n) is 19.4. The molecular weight excluding hydrogens is 511 g/mol. The zero-order chi connectivity index (χ0) is 26.2. The molecule has 0 spiro atoms. The SMILES string of the molecule is O=C(/C=C/c1cccc(NCc2ccc(C(=O)Nc3ccc(Cl)c(-c4ccccn4)c3)c(Cl)c2)c1)NO. The number of carbonyl (C=O) groups excluding carboxylic acids is 2. The first-order valence-corrected chi connectivity index (χ1v) is 12.0. The van der Waals surface area contributed by atoms with Gasteiger partial charge in [-0.25, -0.2) is 5.48 Å². The second-order valence-corrected chi connectivity index (χ2v) is 8.78. The first kappa shape index (κ1) is 25.9. The monoisotopic (exact) mass is 532 g/mol. The van der Waals surface area contributed by atoms with E-state index >= 15 is 0 Å². The van der Waals surface area contributed by atoms with E-state index in [4.69, 9.17) is 28.4 Å². The lowest BCUT2D eigenvalue weighted by molar-refractivity contribution is -0.124. The predicted octanol–water partition coefficient (Wildman–Crippen LogP) is 6.44. The Hall–Kier alpha value is -4.17. The van der Waals surface area contributed by atoms with Gasteiger partial charge in [0, 0.05) is 35.8 Å². The largest absolute Gasteiger partial charge is 0.381 e. The molecule has 2 amide bonds. The van der Waals surface area contributed by atoms with Gasteiger partial charge in [-0.15, -0.1) is 0 Å². The maximum Gasteiger partial charge on any atom is 0.267 e. The number of hydrogen-bond donors (Lipinski definition) is 4. The van der Waals surface area contributed by atoms with Gasteiger partial charge >= 0.3 is 0 Å². The van der Waals surface area contributed by atoms with E-state index in [-0.39, 0.29) is 5.91 Å². The van der Waals surface area contributed by atoms with E-state index in [1.165, 1.54) is 6.08 Å². The molecule has 9 heteroatoms. The standard InChI is InChI=1S/C28H22Cl2N4O3/c29-24-11-9-21(16-23(24)26-6-1-2-13-31-26)33-28(36)22-10-7-19(15-25(22)30)17-32-20-5-3-4-18(14-20)8-12-27(35)34-37/h1-16,32,37H,17H2,(H,33,36)(H,34,35)/b12-8+. The highest BCUT2D eigenvalue weighted by Gasteiger charge is 2.13. The number of aromatic nitrogens is 1. The van der Waals surface area contributed by atoms with Crippen molar-refractivity contribution in [2.75, 3.05) is 10.6 Å². The van der Waals surface area contributed by atoms with E-state index < -0.39 is 5.91 Å². The van der Waals surface area contributed by atoms with Gasteiger partial charge in [0.15, 0.2) is 0 Å². The number of carbonyl (C=O) groups is 2. The molecule has 0 saturated heterocycles. The van der Waals surface area contributed by atoms with Crippen molar-refractivity contribution >= 4 is 52.5 Å². The van der Waals surface area contributed by atoms with Gasteiger partial charge in [-0.2, -0.15) is 0 Å². The van der Waals surface area contributed by atoms with Gasteiger partial charge in [0.1, 0.15) is 0 Å². The summed E-state index contributed by atoms with van der Waals surface area (Å²) >= 11 is 12.8. The van der Waals surface area contributed by atoms with Crippen LogP contribution < -0.4 is 16.1 Å². The van der Waals surface area contributed by atoms with Crippen molar-refractivity contribution in [3.63, 3.8) is 0 Å². The lowest BCUT2D eigenvalue weighted by Crippen LogP contribution is -2.14. The Labute approximate surface area is 223 Å². The zero-order valence-corrected chi connectivity index (χ0v) is 20.9. The Morgan fingerprint density at radius 2 is 1.76 bits per heavy atom. The Morgan fingerprint density at radius 1 is 0.892 bits per heavy atom. The van der Waals surface area contributed by atoms with Crippen molar-refractivity contribution in [3.8, 4) is 11.3 Å². The molecule has 186 valence electrons. The first-order chi connectivity index (χ1) is 17.9. The molecule has 0 atom stereocenters. The molecule has 0 saturated carbocycles. The van der Waals surface area contributed by atoms with Crippen LogP contribution in [-0.2, 0) is 11.3 Å². The van der Waals surface area contributed by atoms with Crippen molar-refractivity contribution in [1.29, 1.82) is 0 Å². The van der Waals surface area contributed by atoms with E-state index in [1.54, 1.807) is 48.1 Å². The molecule has 37 heavy (non-hydrogen) atoms. The smallest absolute Gasteiger partial charge is 0.267 e. The molecule has 4 rings (SSSR count). The molecule has 0 radical (unpaired) electrons. The number of nitrogens with zero attached hydrogens (tertiary/aromatic N) is 1. The number of halogens is 2. The van der Waals surface area contributed by atoms with Crippen LogP contribution in [0.3, 0.4) is 0 Å². The van der Waals surface area contributed by atoms with E-state index in [0.29, 0.717) is 39.1 Å². The van der Waals surface area contributed by atoms with Crippen molar-refractivity contribution in [3.05, 3.63) is 118 Å². The lowest BCUT2D eigenvalue weighted by atomic mass is 10.1. The van der Waals surface area contributed by atoms with Gasteiger partial charge in [-0.05, 0) is 71.8 Å². The third-order valence-electron chi connectivity index (χ3n) is 5.36. The Morgan fingerprint density at radius 3 is 2.51 bits per heavy atom. The highest BCUT2D eigenvalue weighted by Crippen LogP contribution is 2.30. The van der Waals surface area contributed by atoms with Crippen LogP contribution in [0.25, 0.3) is 17.3 Å². The number of benzene rings is 3. The summed E-state index contributed by atoms with van der Waals surface area (Å²) in [5.74, 6) is -0.952. The summed E-state index contributed by atoms with van der Waals surface area (Å²) in [6.07, 6.45) is 4.49. The summed E-state index contributed by atoms with van der Waals surface area (Å²) in [6.45, 7) is 0.469. The molecule has 3 aromatic carbocycles. The van der Waals surface area contributed by atoms with Crippen LogP contribution in [0.15, 0.2) is 91.1 Å². The second kappa shape index (κ2) is 12.2. The number of anilines is 2. The quantitative estimate of drug-likeness (QED) is 0.119. The number of amides is 2. The molecule has 0 aliphatic heterocycles. The average Bonchev–Trinajstić information content (AvgIpc) is 2.92. The van der Waals surface area contributed by atoms with Crippen molar-refractivity contribution in [2.45, 2.75) is 6.54 Å². The third kappa shape index (κ3) is 6.95. The summed E-state index contributed by atoms with van der Waals surface area (Å²) in [5.41, 5.74) is 6.37. The molecular formula is C28H22Cl2N4O3. The minimum absolute atomic E-state index is 0.322. The van der Waals surface area contributed by atoms with Gasteiger partial charge in [-0.3, -0.25) is 19.8 Å². The fraction of sp³-hybridized carbons (Fsp3) is 0.0357. The number of nitrogens with one attached hydrogen (secondary N) is 3. The number of rotatable bonds is 8. The fourth-order valence-electron chi connectivity index (χ4n) is 3.54. The van der Waals surface area contributed by atoms with Gasteiger partial charge in [-0.1, -0.05) is 47.5 Å². The fourth-order valence-corrected chi connectivity index (χ4v) is 4.04. The van der Waals surface area contributed by atoms with Crippen molar-refractivity contribution in [2.24, 2.45) is 0 Å². The Bertz CT molecular complexity index is 1460. The van der Waals surface area contributed by atoms with Crippen molar-refractivity contribution in [1.82, 2.24) is 10.5 Å². The molecule has 0 unspecified atom stereocenters. The van der Waals surface area contributed by atoms with Crippen LogP contribution in [0.2, 0.25) is 10.0 Å². The molecule has 0 fully saturated rings. The van der Waals surface area contributed by atoms with Crippen LogP contribution in [-0.4, -0.2) is 22.0 Å². The van der Waals surface area contributed by atoms with Gasteiger partial charge < -0.3 is 10.6 Å². The molecule has 0 bridgehead atoms. The van der Waals surface area contributed by atoms with E-state index in [2.05, 4.69) is 15.6 Å².